The van der Waals surface area contributed by atoms with E-state index in [-0.39, 0.29) is 31.1 Å². The van der Waals surface area contributed by atoms with Crippen molar-refractivity contribution in [2.75, 3.05) is 13.2 Å². The zero-order chi connectivity index (χ0) is 48.6. The molecule has 0 fully saturated rings. The lowest BCUT2D eigenvalue weighted by Gasteiger charge is -2.18. The van der Waals surface area contributed by atoms with E-state index in [0.717, 1.165) is 70.6 Å². The minimum Gasteiger partial charge on any atom is -0.462 e. The molecular formula is C61H112O6. The standard InChI is InChI=1S/C61H112O6/c1-4-7-10-13-15-17-19-21-23-25-26-27-28-29-30-31-32-33-34-36-37-39-41-43-45-48-51-54-60(63)66-57-58(56-65-59(62)53-50-47-12-9-6-3)67-61(64)55-52-49-46-44-42-40-38-35-24-22-20-18-16-14-11-8-5-2/h19,21-22,24-26,58H,4-18,20,23,27-57H2,1-3H3/b21-19-,24-22-,26-25-. The summed E-state index contributed by atoms with van der Waals surface area (Å²) in [7, 11) is 0. The van der Waals surface area contributed by atoms with Crippen molar-refractivity contribution in [1.82, 2.24) is 0 Å². The average Bonchev–Trinajstić information content (AvgIpc) is 3.33. The number of hydrogen-bond acceptors (Lipinski definition) is 6. The minimum atomic E-state index is -0.768. The number of carbonyl (C=O) groups excluding carboxylic acids is 3. The van der Waals surface area contributed by atoms with Crippen LogP contribution in [0.3, 0.4) is 0 Å². The van der Waals surface area contributed by atoms with Crippen LogP contribution in [0.2, 0.25) is 0 Å². The van der Waals surface area contributed by atoms with Crippen LogP contribution in [0.4, 0.5) is 0 Å². The molecule has 0 aromatic heterocycles. The third-order valence-corrected chi connectivity index (χ3v) is 13.1. The van der Waals surface area contributed by atoms with Gasteiger partial charge in [0.2, 0.25) is 0 Å². The monoisotopic (exact) mass is 941 g/mol. The minimum absolute atomic E-state index is 0.0712. The zero-order valence-electron chi connectivity index (χ0n) is 44.9. The van der Waals surface area contributed by atoms with E-state index in [1.807, 2.05) is 0 Å². The summed E-state index contributed by atoms with van der Waals surface area (Å²) in [6, 6.07) is 0. The van der Waals surface area contributed by atoms with Crippen LogP contribution in [0, 0.1) is 0 Å². The summed E-state index contributed by atoms with van der Waals surface area (Å²) >= 11 is 0. The van der Waals surface area contributed by atoms with Gasteiger partial charge in [-0.15, -0.1) is 0 Å². The van der Waals surface area contributed by atoms with E-state index in [2.05, 4.69) is 57.2 Å². The smallest absolute Gasteiger partial charge is 0.306 e. The summed E-state index contributed by atoms with van der Waals surface area (Å²) in [5.74, 6) is -0.875. The molecule has 0 aromatic rings. The first-order valence-electron chi connectivity index (χ1n) is 29.5. The van der Waals surface area contributed by atoms with Gasteiger partial charge in [0.1, 0.15) is 13.2 Å². The molecule has 392 valence electrons. The molecule has 0 N–H and O–H groups in total. The van der Waals surface area contributed by atoms with Gasteiger partial charge in [0, 0.05) is 19.3 Å². The topological polar surface area (TPSA) is 78.9 Å². The van der Waals surface area contributed by atoms with Gasteiger partial charge in [-0.1, -0.05) is 256 Å². The number of hydrogen-bond donors (Lipinski definition) is 0. The van der Waals surface area contributed by atoms with Crippen LogP contribution in [0.5, 0.6) is 0 Å². The molecule has 0 bridgehead atoms. The summed E-state index contributed by atoms with van der Waals surface area (Å²) in [6.07, 6.45) is 67.6. The summed E-state index contributed by atoms with van der Waals surface area (Å²) in [5.41, 5.74) is 0. The second-order valence-electron chi connectivity index (χ2n) is 19.9. The van der Waals surface area contributed by atoms with Crippen molar-refractivity contribution in [3.63, 3.8) is 0 Å². The van der Waals surface area contributed by atoms with E-state index in [4.69, 9.17) is 14.2 Å². The molecule has 67 heavy (non-hydrogen) atoms. The molecule has 0 aliphatic carbocycles. The van der Waals surface area contributed by atoms with Gasteiger partial charge in [0.25, 0.3) is 0 Å². The SMILES string of the molecule is CCCCCCC/C=C\C/C=C\CCCCCCCCCCCCCCCCCC(=O)OCC(COC(=O)CCCCCCC)OC(=O)CCCCCCCCC/C=C\CCCCCCCC. The molecule has 0 aliphatic rings. The first-order valence-corrected chi connectivity index (χ1v) is 29.5. The maximum Gasteiger partial charge on any atom is 0.306 e. The number of rotatable bonds is 54. The number of esters is 3. The Hall–Kier alpha value is -2.37. The largest absolute Gasteiger partial charge is 0.462 e. The van der Waals surface area contributed by atoms with Gasteiger partial charge in [-0.25, -0.2) is 0 Å². The Bertz CT molecular complexity index is 1130. The van der Waals surface area contributed by atoms with Crippen molar-refractivity contribution in [2.24, 2.45) is 0 Å². The first-order chi connectivity index (χ1) is 33.0. The molecule has 1 atom stereocenters. The van der Waals surface area contributed by atoms with Crippen LogP contribution in [0.1, 0.15) is 316 Å². The third kappa shape index (κ3) is 54.4. The summed E-state index contributed by atoms with van der Waals surface area (Å²) in [5, 5.41) is 0. The van der Waals surface area contributed by atoms with Gasteiger partial charge in [-0.05, 0) is 77.0 Å². The van der Waals surface area contributed by atoms with Crippen LogP contribution in [0.25, 0.3) is 0 Å². The lowest BCUT2D eigenvalue weighted by atomic mass is 10.0. The van der Waals surface area contributed by atoms with Gasteiger partial charge < -0.3 is 14.2 Å². The second kappa shape index (κ2) is 56.2. The first kappa shape index (κ1) is 64.6. The summed E-state index contributed by atoms with van der Waals surface area (Å²) in [4.78, 5) is 37.8. The van der Waals surface area contributed by atoms with Crippen LogP contribution >= 0.6 is 0 Å². The fraction of sp³-hybridized carbons (Fsp3) is 0.852. The van der Waals surface area contributed by atoms with E-state index >= 15 is 0 Å². The van der Waals surface area contributed by atoms with Crippen LogP contribution in [0.15, 0.2) is 36.5 Å². The summed E-state index contributed by atoms with van der Waals surface area (Å²) in [6.45, 7) is 6.57. The highest BCUT2D eigenvalue weighted by Gasteiger charge is 2.19. The van der Waals surface area contributed by atoms with Crippen molar-refractivity contribution in [3.05, 3.63) is 36.5 Å². The Morgan fingerprint density at radius 1 is 0.299 bits per heavy atom. The van der Waals surface area contributed by atoms with Crippen LogP contribution in [-0.2, 0) is 28.6 Å². The lowest BCUT2D eigenvalue weighted by molar-refractivity contribution is -0.167. The summed E-state index contributed by atoms with van der Waals surface area (Å²) < 4.78 is 16.7. The van der Waals surface area contributed by atoms with Crippen LogP contribution < -0.4 is 0 Å². The second-order valence-corrected chi connectivity index (χ2v) is 19.9. The quantitative estimate of drug-likeness (QED) is 0.0262. The molecule has 0 saturated heterocycles. The zero-order valence-corrected chi connectivity index (χ0v) is 44.9. The van der Waals surface area contributed by atoms with Crippen molar-refractivity contribution in [2.45, 2.75) is 322 Å². The number of unbranched alkanes of at least 4 members (excludes halogenated alkanes) is 37. The number of allylic oxidation sites excluding steroid dienone is 6. The Morgan fingerprint density at radius 2 is 0.537 bits per heavy atom. The fourth-order valence-corrected chi connectivity index (χ4v) is 8.65. The molecule has 1 unspecified atom stereocenters. The molecule has 6 heteroatoms. The molecule has 0 heterocycles. The highest BCUT2D eigenvalue weighted by molar-refractivity contribution is 5.71. The van der Waals surface area contributed by atoms with Crippen molar-refractivity contribution < 1.29 is 28.6 Å². The van der Waals surface area contributed by atoms with E-state index in [1.165, 1.54) is 205 Å². The molecule has 0 rings (SSSR count). The van der Waals surface area contributed by atoms with Gasteiger partial charge in [-0.3, -0.25) is 14.4 Å². The van der Waals surface area contributed by atoms with Crippen molar-refractivity contribution >= 4 is 17.9 Å². The normalized spacial score (nSPS) is 12.2. The van der Waals surface area contributed by atoms with Gasteiger partial charge in [0.05, 0.1) is 0 Å². The Kier molecular flexibility index (Phi) is 54.2. The predicted octanol–water partition coefficient (Wildman–Crippen LogP) is 19.7. The molecule has 0 spiro atoms. The Balaban J connectivity index is 4.01. The van der Waals surface area contributed by atoms with Gasteiger partial charge >= 0.3 is 17.9 Å². The van der Waals surface area contributed by atoms with E-state index in [1.54, 1.807) is 0 Å². The number of ether oxygens (including phenoxy) is 3. The molecule has 0 aromatic carbocycles. The maximum absolute atomic E-state index is 12.8. The van der Waals surface area contributed by atoms with E-state index in [9.17, 15) is 14.4 Å². The molecule has 0 radical (unpaired) electrons. The van der Waals surface area contributed by atoms with E-state index in [0.29, 0.717) is 19.3 Å². The molecule has 0 aliphatic heterocycles. The average molecular weight is 942 g/mol. The number of carbonyl (C=O) groups is 3. The van der Waals surface area contributed by atoms with Gasteiger partial charge in [0.15, 0.2) is 6.10 Å². The predicted molar refractivity (Wildman–Crippen MR) is 289 cm³/mol. The molecule has 0 saturated carbocycles. The van der Waals surface area contributed by atoms with Crippen LogP contribution in [-0.4, -0.2) is 37.2 Å². The van der Waals surface area contributed by atoms with Crippen molar-refractivity contribution in [1.29, 1.82) is 0 Å². The fourth-order valence-electron chi connectivity index (χ4n) is 8.65. The maximum atomic E-state index is 12.8. The van der Waals surface area contributed by atoms with E-state index < -0.39 is 6.10 Å². The Labute approximate surface area is 416 Å². The highest BCUT2D eigenvalue weighted by Crippen LogP contribution is 2.16. The lowest BCUT2D eigenvalue weighted by Crippen LogP contribution is -2.30. The Morgan fingerprint density at radius 3 is 0.836 bits per heavy atom. The molecule has 0 amide bonds. The van der Waals surface area contributed by atoms with Gasteiger partial charge in [-0.2, -0.15) is 0 Å². The third-order valence-electron chi connectivity index (χ3n) is 13.1. The highest BCUT2D eigenvalue weighted by atomic mass is 16.6. The van der Waals surface area contributed by atoms with Crippen molar-refractivity contribution in [3.8, 4) is 0 Å². The molecular weight excluding hydrogens is 829 g/mol. The molecule has 6 nitrogen and oxygen atoms in total.